The van der Waals surface area contributed by atoms with E-state index in [1.165, 1.54) is 18.4 Å². The second-order valence-corrected chi connectivity index (χ2v) is 7.20. The molecule has 1 N–H and O–H groups in total. The molecule has 0 atom stereocenters. The van der Waals surface area contributed by atoms with Crippen molar-refractivity contribution in [3.63, 3.8) is 0 Å². The van der Waals surface area contributed by atoms with E-state index >= 15 is 0 Å². The average molecular weight is 294 g/mol. The Balaban J connectivity index is 1.75. The van der Waals surface area contributed by atoms with Gasteiger partial charge >= 0.3 is 0 Å². The Morgan fingerprint density at radius 3 is 2.67 bits per heavy atom. The van der Waals surface area contributed by atoms with E-state index in [0.29, 0.717) is 0 Å². The molecule has 1 aliphatic heterocycles. The molecule has 0 spiro atoms. The van der Waals surface area contributed by atoms with Crippen molar-refractivity contribution in [2.45, 2.75) is 52.2 Å². The summed E-state index contributed by atoms with van der Waals surface area (Å²) in [6.07, 6.45) is 4.34. The molecule has 4 heteroatoms. The van der Waals surface area contributed by atoms with Gasteiger partial charge in [-0.15, -0.1) is 0 Å². The zero-order chi connectivity index (χ0) is 15.3. The van der Waals surface area contributed by atoms with Crippen molar-refractivity contribution in [2.75, 3.05) is 26.8 Å². The van der Waals surface area contributed by atoms with Crippen LogP contribution < -0.4 is 5.32 Å². The zero-order valence-corrected chi connectivity index (χ0v) is 13.9. The lowest BCUT2D eigenvalue weighted by Gasteiger charge is -2.30. The summed E-state index contributed by atoms with van der Waals surface area (Å²) >= 11 is 0. The minimum absolute atomic E-state index is 0.140. The van der Waals surface area contributed by atoms with Gasteiger partial charge in [-0.25, -0.2) is 0 Å². The van der Waals surface area contributed by atoms with Gasteiger partial charge in [0.25, 0.3) is 0 Å². The van der Waals surface area contributed by atoms with Crippen LogP contribution in [0.15, 0.2) is 16.7 Å². The number of nitrogens with one attached hydrogen (secondary N) is 1. The van der Waals surface area contributed by atoms with Crippen LogP contribution >= 0.6 is 0 Å². The van der Waals surface area contributed by atoms with Gasteiger partial charge in [0.15, 0.2) is 0 Å². The molecule has 1 aromatic rings. The van der Waals surface area contributed by atoms with Gasteiger partial charge < -0.3 is 14.5 Å². The highest BCUT2D eigenvalue weighted by Gasteiger charge is 2.20. The fourth-order valence-corrected chi connectivity index (χ4v) is 2.74. The van der Waals surface area contributed by atoms with Crippen molar-refractivity contribution < 1.29 is 9.15 Å². The summed E-state index contributed by atoms with van der Waals surface area (Å²) in [5.74, 6) is 1.81. The third kappa shape index (κ3) is 5.81. The maximum Gasteiger partial charge on any atom is 0.118 e. The molecule has 0 bridgehead atoms. The highest BCUT2D eigenvalue weighted by molar-refractivity contribution is 5.13. The van der Waals surface area contributed by atoms with Crippen molar-refractivity contribution in [1.82, 2.24) is 10.2 Å². The van der Waals surface area contributed by atoms with Crippen LogP contribution in [-0.2, 0) is 17.8 Å². The van der Waals surface area contributed by atoms with E-state index in [-0.39, 0.29) is 5.54 Å². The van der Waals surface area contributed by atoms with Gasteiger partial charge in [0.2, 0.25) is 0 Å². The number of methoxy groups -OCH3 is 1. The summed E-state index contributed by atoms with van der Waals surface area (Å²) in [7, 11) is 1.79. The highest BCUT2D eigenvalue weighted by Crippen LogP contribution is 2.20. The van der Waals surface area contributed by atoms with E-state index in [0.717, 1.165) is 44.5 Å². The summed E-state index contributed by atoms with van der Waals surface area (Å²) in [6, 6.07) is 2.18. The van der Waals surface area contributed by atoms with Crippen molar-refractivity contribution in [2.24, 2.45) is 5.92 Å². The highest BCUT2D eigenvalue weighted by atomic mass is 16.5. The molecule has 1 saturated heterocycles. The summed E-state index contributed by atoms with van der Waals surface area (Å²) in [4.78, 5) is 2.48. The summed E-state index contributed by atoms with van der Waals surface area (Å²) in [6.45, 7) is 11.5. The number of likely N-dealkylation sites (tertiary alicyclic amines) is 1. The maximum atomic E-state index is 5.70. The third-order valence-corrected chi connectivity index (χ3v) is 4.02. The number of nitrogens with zero attached hydrogens (tertiary/aromatic N) is 1. The first-order chi connectivity index (χ1) is 9.96. The summed E-state index contributed by atoms with van der Waals surface area (Å²) in [5.41, 5.74) is 1.37. The minimum atomic E-state index is 0.140. The molecule has 2 rings (SSSR count). The van der Waals surface area contributed by atoms with Gasteiger partial charge in [-0.05, 0) is 58.7 Å². The van der Waals surface area contributed by atoms with Crippen molar-refractivity contribution >= 4 is 0 Å². The number of hydrogen-bond donors (Lipinski definition) is 1. The molecule has 2 heterocycles. The predicted molar refractivity (Wildman–Crippen MR) is 85.2 cm³/mol. The Bertz CT molecular complexity index is 415. The Morgan fingerprint density at radius 2 is 2.05 bits per heavy atom. The molecule has 1 aliphatic rings. The molecule has 1 aromatic heterocycles. The van der Waals surface area contributed by atoms with Crippen LogP contribution in [0.2, 0.25) is 0 Å². The fourth-order valence-electron chi connectivity index (χ4n) is 2.74. The standard InChI is InChI=1S/C17H30N2O2/c1-17(2,3)18-10-15-9-16(21-13-15)11-19-7-5-14(6-8-19)12-20-4/h9,13-14,18H,5-8,10-12H2,1-4H3. The molecule has 0 aromatic carbocycles. The molecule has 1 fully saturated rings. The number of piperidine rings is 1. The van der Waals surface area contributed by atoms with Gasteiger partial charge in [0.05, 0.1) is 12.8 Å². The predicted octanol–water partition coefficient (Wildman–Crippen LogP) is 3.03. The lowest BCUT2D eigenvalue weighted by atomic mass is 9.98. The van der Waals surface area contributed by atoms with Crippen molar-refractivity contribution in [1.29, 1.82) is 0 Å². The first-order valence-corrected chi connectivity index (χ1v) is 7.99. The van der Waals surface area contributed by atoms with Crippen molar-refractivity contribution in [3.05, 3.63) is 23.7 Å². The molecular weight excluding hydrogens is 264 g/mol. The molecular formula is C17H30N2O2. The molecule has 0 radical (unpaired) electrons. The number of furan rings is 1. The van der Waals surface area contributed by atoms with E-state index in [4.69, 9.17) is 9.15 Å². The summed E-state index contributed by atoms with van der Waals surface area (Å²) in [5, 5.41) is 3.49. The maximum absolute atomic E-state index is 5.70. The second-order valence-electron chi connectivity index (χ2n) is 7.20. The van der Waals surface area contributed by atoms with Crippen LogP contribution in [0, 0.1) is 5.92 Å². The number of rotatable bonds is 6. The van der Waals surface area contributed by atoms with Gasteiger partial charge in [-0.3, -0.25) is 4.90 Å². The Labute approximate surface area is 128 Å². The van der Waals surface area contributed by atoms with Crippen LogP contribution in [-0.4, -0.2) is 37.2 Å². The molecule has 21 heavy (non-hydrogen) atoms. The van der Waals surface area contributed by atoms with Crippen LogP contribution in [0.3, 0.4) is 0 Å². The smallest absolute Gasteiger partial charge is 0.118 e. The topological polar surface area (TPSA) is 37.6 Å². The lowest BCUT2D eigenvalue weighted by molar-refractivity contribution is 0.0939. The van der Waals surface area contributed by atoms with E-state index in [1.54, 1.807) is 7.11 Å². The van der Waals surface area contributed by atoms with E-state index < -0.39 is 0 Å². The second kappa shape index (κ2) is 7.43. The largest absolute Gasteiger partial charge is 0.468 e. The van der Waals surface area contributed by atoms with Crippen molar-refractivity contribution in [3.8, 4) is 0 Å². The lowest BCUT2D eigenvalue weighted by Crippen LogP contribution is -2.35. The van der Waals surface area contributed by atoms with Crippen LogP contribution in [0.1, 0.15) is 44.9 Å². The number of ether oxygens (including phenoxy) is 1. The minimum Gasteiger partial charge on any atom is -0.468 e. The van der Waals surface area contributed by atoms with E-state index in [9.17, 15) is 0 Å². The number of hydrogen-bond acceptors (Lipinski definition) is 4. The third-order valence-electron chi connectivity index (χ3n) is 4.02. The Kier molecular flexibility index (Phi) is 5.85. The van der Waals surface area contributed by atoms with Gasteiger partial charge in [-0.1, -0.05) is 0 Å². The normalized spacial score (nSPS) is 18.3. The first-order valence-electron chi connectivity index (χ1n) is 7.99. The van der Waals surface area contributed by atoms with E-state index in [2.05, 4.69) is 37.1 Å². The Morgan fingerprint density at radius 1 is 1.33 bits per heavy atom. The monoisotopic (exact) mass is 294 g/mol. The SMILES string of the molecule is COCC1CCN(Cc2cc(CNC(C)(C)C)co2)CC1. The van der Waals surface area contributed by atoms with Gasteiger partial charge in [0.1, 0.15) is 5.76 Å². The van der Waals surface area contributed by atoms with Crippen LogP contribution in [0.25, 0.3) is 0 Å². The molecule has 0 amide bonds. The van der Waals surface area contributed by atoms with Crippen LogP contribution in [0.4, 0.5) is 0 Å². The summed E-state index contributed by atoms with van der Waals surface area (Å²) < 4.78 is 10.9. The molecule has 120 valence electrons. The van der Waals surface area contributed by atoms with Gasteiger partial charge in [-0.2, -0.15) is 0 Å². The quantitative estimate of drug-likeness (QED) is 0.875. The molecule has 4 nitrogen and oxygen atoms in total. The average Bonchev–Trinajstić information content (AvgIpc) is 2.86. The van der Waals surface area contributed by atoms with Crippen LogP contribution in [0.5, 0.6) is 0 Å². The molecule has 0 aliphatic carbocycles. The zero-order valence-electron chi connectivity index (χ0n) is 13.9. The van der Waals surface area contributed by atoms with E-state index in [1.807, 2.05) is 6.26 Å². The Hall–Kier alpha value is -0.840. The fraction of sp³-hybridized carbons (Fsp3) is 0.765. The molecule has 0 unspecified atom stereocenters. The van der Waals surface area contributed by atoms with Gasteiger partial charge in [0, 0.05) is 31.4 Å². The first kappa shape index (κ1) is 16.5. The molecule has 0 saturated carbocycles.